The first-order chi connectivity index (χ1) is 14.2. The normalized spacial score (nSPS) is 14.8. The first-order valence-corrected chi connectivity index (χ1v) is 10.9. The van der Waals surface area contributed by atoms with Crippen LogP contribution in [-0.2, 0) is 19.2 Å². The molecule has 0 aliphatic heterocycles. The van der Waals surface area contributed by atoms with E-state index in [1.807, 2.05) is 6.26 Å². The number of aliphatic carboxylic acids is 1. The van der Waals surface area contributed by atoms with Crippen molar-refractivity contribution in [2.75, 3.05) is 31.8 Å². The topological polar surface area (TPSA) is 217 Å². The van der Waals surface area contributed by atoms with Crippen LogP contribution in [0.2, 0.25) is 0 Å². The minimum atomic E-state index is -1.51. The maximum absolute atomic E-state index is 12.7. The predicted molar refractivity (Wildman–Crippen MR) is 111 cm³/mol. The summed E-state index contributed by atoms with van der Waals surface area (Å²) in [6.07, 6.45) is 3.33. The van der Waals surface area contributed by atoms with Gasteiger partial charge in [0, 0.05) is 0 Å². The van der Waals surface area contributed by atoms with E-state index in [1.54, 1.807) is 0 Å². The second-order valence-corrected chi connectivity index (χ2v) is 7.54. The van der Waals surface area contributed by atoms with Crippen molar-refractivity contribution >= 4 is 35.5 Å². The number of hydrogen-bond acceptors (Lipinski definition) is 9. The Morgan fingerprint density at radius 3 is 1.87 bits per heavy atom. The van der Waals surface area contributed by atoms with Gasteiger partial charge in [0.15, 0.2) is 0 Å². The predicted octanol–water partition coefficient (Wildman–Crippen LogP) is -3.28. The van der Waals surface area contributed by atoms with Crippen molar-refractivity contribution in [2.24, 2.45) is 11.5 Å². The lowest BCUT2D eigenvalue weighted by Gasteiger charge is -2.24. The Bertz CT molecular complexity index is 567. The summed E-state index contributed by atoms with van der Waals surface area (Å²) in [6.45, 7) is -1.03. The van der Waals surface area contributed by atoms with Gasteiger partial charge in [-0.25, -0.2) is 4.79 Å². The minimum Gasteiger partial charge on any atom is -0.480 e. The SMILES string of the molecule is CSCCC(NC(=O)C(N)CO)C(=O)NC(CCCCN)C(=O)NC(CO)C(=O)O. The molecule has 10 N–H and O–H groups in total. The summed E-state index contributed by atoms with van der Waals surface area (Å²) in [7, 11) is 0. The molecule has 0 fully saturated rings. The van der Waals surface area contributed by atoms with Crippen LogP contribution in [0.25, 0.3) is 0 Å². The molecule has 13 heteroatoms. The van der Waals surface area contributed by atoms with Gasteiger partial charge < -0.3 is 42.7 Å². The van der Waals surface area contributed by atoms with Crippen molar-refractivity contribution in [2.45, 2.75) is 49.9 Å². The van der Waals surface area contributed by atoms with Crippen LogP contribution in [0.4, 0.5) is 0 Å². The average molecular weight is 452 g/mol. The first kappa shape index (κ1) is 28.1. The van der Waals surface area contributed by atoms with Gasteiger partial charge in [0.2, 0.25) is 17.7 Å². The van der Waals surface area contributed by atoms with Gasteiger partial charge in [-0.2, -0.15) is 11.8 Å². The van der Waals surface area contributed by atoms with Gasteiger partial charge in [0.25, 0.3) is 0 Å². The van der Waals surface area contributed by atoms with Gasteiger partial charge in [-0.05, 0) is 44.2 Å². The molecule has 0 saturated heterocycles. The summed E-state index contributed by atoms with van der Waals surface area (Å²) in [6, 6.07) is -4.79. The Hall–Kier alpha value is -1.93. The van der Waals surface area contributed by atoms with E-state index in [-0.39, 0.29) is 12.8 Å². The number of aliphatic hydroxyl groups excluding tert-OH is 2. The molecular formula is C17H33N5O7S. The number of nitrogens with two attached hydrogens (primary N) is 2. The van der Waals surface area contributed by atoms with Gasteiger partial charge in [0.05, 0.1) is 13.2 Å². The van der Waals surface area contributed by atoms with Crippen molar-refractivity contribution in [1.29, 1.82) is 0 Å². The number of amides is 3. The molecule has 0 heterocycles. The molecule has 0 aliphatic carbocycles. The van der Waals surface area contributed by atoms with E-state index in [2.05, 4.69) is 16.0 Å². The third-order valence-electron chi connectivity index (χ3n) is 4.15. The summed E-state index contributed by atoms with van der Waals surface area (Å²) < 4.78 is 0. The number of aliphatic hydroxyl groups is 2. The fourth-order valence-electron chi connectivity index (χ4n) is 2.36. The minimum absolute atomic E-state index is 0.186. The smallest absolute Gasteiger partial charge is 0.328 e. The van der Waals surface area contributed by atoms with Crippen LogP contribution in [0.15, 0.2) is 0 Å². The lowest BCUT2D eigenvalue weighted by atomic mass is 10.1. The van der Waals surface area contributed by atoms with Crippen LogP contribution in [0, 0.1) is 0 Å². The van der Waals surface area contributed by atoms with Crippen LogP contribution in [0.1, 0.15) is 25.7 Å². The molecule has 12 nitrogen and oxygen atoms in total. The van der Waals surface area contributed by atoms with E-state index in [0.29, 0.717) is 25.1 Å². The number of rotatable bonds is 16. The van der Waals surface area contributed by atoms with Crippen LogP contribution in [0.5, 0.6) is 0 Å². The van der Waals surface area contributed by atoms with E-state index in [4.69, 9.17) is 26.8 Å². The molecule has 0 saturated carbocycles. The fourth-order valence-corrected chi connectivity index (χ4v) is 2.83. The van der Waals surface area contributed by atoms with E-state index < -0.39 is 61.1 Å². The molecule has 0 bridgehead atoms. The lowest BCUT2D eigenvalue weighted by molar-refractivity contribution is -0.143. The molecule has 0 rings (SSSR count). The number of nitrogens with one attached hydrogen (secondary N) is 3. The molecule has 30 heavy (non-hydrogen) atoms. The molecule has 0 aromatic carbocycles. The highest BCUT2D eigenvalue weighted by Crippen LogP contribution is 2.06. The number of unbranched alkanes of at least 4 members (excludes halogenated alkanes) is 1. The van der Waals surface area contributed by atoms with Crippen LogP contribution in [0.3, 0.4) is 0 Å². The first-order valence-electron chi connectivity index (χ1n) is 9.51. The van der Waals surface area contributed by atoms with Crippen LogP contribution >= 0.6 is 11.8 Å². The number of carbonyl (C=O) groups is 4. The Kier molecular flexibility index (Phi) is 14.8. The summed E-state index contributed by atoms with van der Waals surface area (Å²) in [5.74, 6) is -3.02. The maximum atomic E-state index is 12.7. The van der Waals surface area contributed by atoms with Crippen molar-refractivity contribution < 1.29 is 34.5 Å². The summed E-state index contributed by atoms with van der Waals surface area (Å²) in [5.41, 5.74) is 10.9. The summed E-state index contributed by atoms with van der Waals surface area (Å²) in [5, 5.41) is 34.2. The second kappa shape index (κ2) is 15.8. The van der Waals surface area contributed by atoms with E-state index in [9.17, 15) is 19.2 Å². The number of carboxylic acid groups (broad SMARTS) is 1. The van der Waals surface area contributed by atoms with Crippen molar-refractivity contribution in [3.05, 3.63) is 0 Å². The Balaban J connectivity index is 5.30. The van der Waals surface area contributed by atoms with Crippen LogP contribution < -0.4 is 27.4 Å². The molecular weight excluding hydrogens is 418 g/mol. The lowest BCUT2D eigenvalue weighted by Crippen LogP contribution is -2.57. The Labute approximate surface area is 179 Å². The molecule has 0 aromatic heterocycles. The monoisotopic (exact) mass is 451 g/mol. The third-order valence-corrected chi connectivity index (χ3v) is 4.80. The van der Waals surface area contributed by atoms with Crippen molar-refractivity contribution in [3.8, 4) is 0 Å². The van der Waals surface area contributed by atoms with Gasteiger partial charge in [-0.1, -0.05) is 0 Å². The van der Waals surface area contributed by atoms with Crippen LogP contribution in [-0.4, -0.2) is 94.9 Å². The second-order valence-electron chi connectivity index (χ2n) is 6.56. The molecule has 0 radical (unpaired) electrons. The highest BCUT2D eigenvalue weighted by atomic mass is 32.2. The third kappa shape index (κ3) is 10.7. The number of hydrogen-bond donors (Lipinski definition) is 8. The van der Waals surface area contributed by atoms with Gasteiger partial charge in [0.1, 0.15) is 24.2 Å². The Morgan fingerprint density at radius 1 is 0.867 bits per heavy atom. The molecule has 0 aliphatic rings. The number of carboxylic acids is 1. The van der Waals surface area contributed by atoms with E-state index >= 15 is 0 Å². The van der Waals surface area contributed by atoms with Gasteiger partial charge in [-0.3, -0.25) is 14.4 Å². The van der Waals surface area contributed by atoms with Crippen molar-refractivity contribution in [1.82, 2.24) is 16.0 Å². The van der Waals surface area contributed by atoms with Crippen molar-refractivity contribution in [3.63, 3.8) is 0 Å². The molecule has 3 amide bonds. The molecule has 174 valence electrons. The largest absolute Gasteiger partial charge is 0.480 e. The quantitative estimate of drug-likeness (QED) is 0.109. The van der Waals surface area contributed by atoms with Gasteiger partial charge >= 0.3 is 5.97 Å². The number of carbonyl (C=O) groups excluding carboxylic acids is 3. The maximum Gasteiger partial charge on any atom is 0.328 e. The zero-order valence-electron chi connectivity index (χ0n) is 17.0. The average Bonchev–Trinajstić information content (AvgIpc) is 2.72. The molecule has 0 aromatic rings. The zero-order valence-corrected chi connectivity index (χ0v) is 17.8. The Morgan fingerprint density at radius 2 is 1.40 bits per heavy atom. The van der Waals surface area contributed by atoms with E-state index in [1.165, 1.54) is 11.8 Å². The standard InChI is InChI=1S/C17H33N5O7S/c1-30-7-5-12(20-14(25)10(19)8-23)16(27)21-11(4-2-3-6-18)15(26)22-13(9-24)17(28)29/h10-13,23-24H,2-9,18-19H2,1H3,(H,20,25)(H,21,27)(H,22,26)(H,28,29). The molecule has 4 unspecified atom stereocenters. The van der Waals surface area contributed by atoms with Gasteiger partial charge in [-0.15, -0.1) is 0 Å². The molecule has 0 spiro atoms. The highest BCUT2D eigenvalue weighted by Gasteiger charge is 2.29. The van der Waals surface area contributed by atoms with E-state index in [0.717, 1.165) is 0 Å². The fraction of sp³-hybridized carbons (Fsp3) is 0.765. The summed E-state index contributed by atoms with van der Waals surface area (Å²) in [4.78, 5) is 48.2. The zero-order chi connectivity index (χ0) is 23.1. The molecule has 4 atom stereocenters. The summed E-state index contributed by atoms with van der Waals surface area (Å²) >= 11 is 1.45. The highest BCUT2D eigenvalue weighted by molar-refractivity contribution is 7.98. The number of thioether (sulfide) groups is 1.